The van der Waals surface area contributed by atoms with E-state index in [2.05, 4.69) is 10.4 Å². The van der Waals surface area contributed by atoms with Crippen LogP contribution in [0.5, 0.6) is 0 Å². The van der Waals surface area contributed by atoms with Crippen molar-refractivity contribution in [3.8, 4) is 0 Å². The van der Waals surface area contributed by atoms with Crippen molar-refractivity contribution in [2.75, 3.05) is 7.11 Å². The van der Waals surface area contributed by atoms with Crippen LogP contribution in [0.25, 0.3) is 0 Å². The Morgan fingerprint density at radius 2 is 2.09 bits per heavy atom. The van der Waals surface area contributed by atoms with Gasteiger partial charge in [-0.2, -0.15) is 5.10 Å². The van der Waals surface area contributed by atoms with Gasteiger partial charge in [0.05, 0.1) is 19.2 Å². The molecule has 23 heavy (non-hydrogen) atoms. The van der Waals surface area contributed by atoms with E-state index in [0.29, 0.717) is 11.8 Å². The van der Waals surface area contributed by atoms with Crippen LogP contribution in [0.4, 0.5) is 0 Å². The van der Waals surface area contributed by atoms with E-state index < -0.39 is 0 Å². The van der Waals surface area contributed by atoms with Gasteiger partial charge in [0.25, 0.3) is 0 Å². The standard InChI is InChI=1S/C17H23N3O3/c1-20-8-11(7-18-20)12-6-13(12)16(21)19-15-10-4-3-9(5-10)14(15)17(22)23-2/h7-10,12-15H,3-6H2,1-2H3,(H,19,21)/t9-,10-,12+,13-,14+,15-/m0/s1. The van der Waals surface area contributed by atoms with Crippen molar-refractivity contribution >= 4 is 11.9 Å². The zero-order chi connectivity index (χ0) is 16.1. The number of hydrogen-bond donors (Lipinski definition) is 1. The second-order valence-electron chi connectivity index (χ2n) is 7.31. The molecule has 1 aromatic heterocycles. The summed E-state index contributed by atoms with van der Waals surface area (Å²) in [5, 5.41) is 7.35. The molecule has 2 bridgehead atoms. The number of hydrogen-bond acceptors (Lipinski definition) is 4. The number of nitrogens with zero attached hydrogens (tertiary/aromatic N) is 2. The molecule has 1 aromatic rings. The number of fused-ring (bicyclic) bond motifs is 2. The predicted molar refractivity (Wildman–Crippen MR) is 82.3 cm³/mol. The summed E-state index contributed by atoms with van der Waals surface area (Å²) in [6, 6.07) is -0.0381. The number of aromatic nitrogens is 2. The van der Waals surface area contributed by atoms with Crippen LogP contribution in [0.3, 0.4) is 0 Å². The summed E-state index contributed by atoms with van der Waals surface area (Å²) in [5.74, 6) is 0.885. The minimum Gasteiger partial charge on any atom is -0.469 e. The van der Waals surface area contributed by atoms with Crippen molar-refractivity contribution in [3.05, 3.63) is 18.0 Å². The van der Waals surface area contributed by atoms with Crippen molar-refractivity contribution in [2.45, 2.75) is 37.6 Å². The van der Waals surface area contributed by atoms with Gasteiger partial charge in [-0.3, -0.25) is 14.3 Å². The topological polar surface area (TPSA) is 73.2 Å². The Balaban J connectivity index is 1.42. The molecule has 3 aliphatic carbocycles. The van der Waals surface area contributed by atoms with Gasteiger partial charge >= 0.3 is 5.97 Å². The Morgan fingerprint density at radius 3 is 2.78 bits per heavy atom. The van der Waals surface area contributed by atoms with E-state index in [4.69, 9.17) is 4.74 Å². The summed E-state index contributed by atoms with van der Waals surface area (Å²) in [4.78, 5) is 24.7. The van der Waals surface area contributed by atoms with E-state index in [1.54, 1.807) is 4.68 Å². The molecule has 6 heteroatoms. The molecule has 124 valence electrons. The fraction of sp³-hybridized carbons (Fsp3) is 0.706. The zero-order valence-electron chi connectivity index (χ0n) is 13.6. The molecule has 1 N–H and O–H groups in total. The zero-order valence-corrected chi connectivity index (χ0v) is 13.6. The third-order valence-electron chi connectivity index (χ3n) is 5.98. The molecule has 3 fully saturated rings. The molecule has 3 aliphatic rings. The van der Waals surface area contributed by atoms with Crippen LogP contribution in [0.15, 0.2) is 12.4 Å². The lowest BCUT2D eigenvalue weighted by atomic mass is 9.84. The van der Waals surface area contributed by atoms with Crippen molar-refractivity contribution < 1.29 is 14.3 Å². The molecule has 0 aliphatic heterocycles. The van der Waals surface area contributed by atoms with Crippen LogP contribution < -0.4 is 5.32 Å². The van der Waals surface area contributed by atoms with E-state index in [-0.39, 0.29) is 35.7 Å². The van der Waals surface area contributed by atoms with Crippen molar-refractivity contribution in [1.29, 1.82) is 0 Å². The molecule has 6 atom stereocenters. The number of esters is 1. The van der Waals surface area contributed by atoms with Gasteiger partial charge in [-0.15, -0.1) is 0 Å². The first-order chi connectivity index (χ1) is 11.1. The molecule has 1 heterocycles. The van der Waals surface area contributed by atoms with Crippen molar-refractivity contribution in [1.82, 2.24) is 15.1 Å². The molecule has 1 amide bonds. The average Bonchev–Trinajstić information content (AvgIpc) is 2.86. The Morgan fingerprint density at radius 1 is 1.30 bits per heavy atom. The second kappa shape index (κ2) is 5.35. The number of nitrogens with one attached hydrogen (secondary N) is 1. The van der Waals surface area contributed by atoms with E-state index in [0.717, 1.165) is 31.2 Å². The molecule has 3 saturated carbocycles. The van der Waals surface area contributed by atoms with Crippen LogP contribution in [0.2, 0.25) is 0 Å². The highest BCUT2D eigenvalue weighted by Crippen LogP contribution is 2.51. The molecule has 0 spiro atoms. The van der Waals surface area contributed by atoms with Crippen LogP contribution in [-0.2, 0) is 21.4 Å². The fourth-order valence-electron chi connectivity index (χ4n) is 4.73. The number of rotatable bonds is 4. The highest BCUT2D eigenvalue weighted by molar-refractivity contribution is 5.84. The van der Waals surface area contributed by atoms with Gasteiger partial charge < -0.3 is 10.1 Å². The largest absolute Gasteiger partial charge is 0.469 e. The average molecular weight is 317 g/mol. The summed E-state index contributed by atoms with van der Waals surface area (Å²) in [6.45, 7) is 0. The molecular formula is C17H23N3O3. The first kappa shape index (κ1) is 14.7. The van der Waals surface area contributed by atoms with Gasteiger partial charge in [-0.1, -0.05) is 0 Å². The maximum Gasteiger partial charge on any atom is 0.311 e. The lowest BCUT2D eigenvalue weighted by Gasteiger charge is -2.29. The first-order valence-corrected chi connectivity index (χ1v) is 8.45. The van der Waals surface area contributed by atoms with Gasteiger partial charge in [0.15, 0.2) is 0 Å². The minimum atomic E-state index is -0.165. The number of carbonyl (C=O) groups excluding carboxylic acids is 2. The summed E-state index contributed by atoms with van der Waals surface area (Å²) in [7, 11) is 3.32. The van der Waals surface area contributed by atoms with E-state index in [1.807, 2.05) is 19.4 Å². The normalized spacial score (nSPS) is 37.7. The maximum atomic E-state index is 12.6. The predicted octanol–water partition coefficient (Wildman–Crippen LogP) is 1.23. The second-order valence-corrected chi connectivity index (χ2v) is 7.31. The molecular weight excluding hydrogens is 294 g/mol. The maximum absolute atomic E-state index is 12.6. The highest BCUT2D eigenvalue weighted by Gasteiger charge is 2.53. The summed E-state index contributed by atoms with van der Waals surface area (Å²) in [5.41, 5.74) is 1.13. The van der Waals surface area contributed by atoms with Gasteiger partial charge in [0.1, 0.15) is 0 Å². The quantitative estimate of drug-likeness (QED) is 0.848. The lowest BCUT2D eigenvalue weighted by Crippen LogP contribution is -2.47. The van der Waals surface area contributed by atoms with Gasteiger partial charge in [-0.05, 0) is 49.0 Å². The molecule has 0 unspecified atom stereocenters. The van der Waals surface area contributed by atoms with Crippen LogP contribution in [0.1, 0.15) is 37.2 Å². The lowest BCUT2D eigenvalue weighted by molar-refractivity contribution is -0.148. The summed E-state index contributed by atoms with van der Waals surface area (Å²) < 4.78 is 6.74. The van der Waals surface area contributed by atoms with E-state index in [1.165, 1.54) is 7.11 Å². The van der Waals surface area contributed by atoms with E-state index in [9.17, 15) is 9.59 Å². The smallest absolute Gasteiger partial charge is 0.311 e. The van der Waals surface area contributed by atoms with E-state index >= 15 is 0 Å². The molecule has 4 rings (SSSR count). The Labute approximate surface area is 135 Å². The number of amides is 1. The first-order valence-electron chi connectivity index (χ1n) is 8.45. The third-order valence-corrected chi connectivity index (χ3v) is 5.98. The SMILES string of the molecule is COC(=O)[C@@H]1[C@H]2CC[C@@H](C2)[C@@H]1NC(=O)[C@H]1C[C@@H]1c1cnn(C)c1. The number of methoxy groups -OCH3 is 1. The summed E-state index contributed by atoms with van der Waals surface area (Å²) >= 11 is 0. The third kappa shape index (κ3) is 2.44. The summed E-state index contributed by atoms with van der Waals surface area (Å²) in [6.07, 6.45) is 7.93. The van der Waals surface area contributed by atoms with Crippen molar-refractivity contribution in [3.63, 3.8) is 0 Å². The number of aryl methyl sites for hydroxylation is 1. The van der Waals surface area contributed by atoms with Crippen LogP contribution in [0, 0.1) is 23.7 Å². The van der Waals surface area contributed by atoms with Gasteiger partial charge in [0, 0.05) is 25.2 Å². The minimum absolute atomic E-state index is 0.0247. The van der Waals surface area contributed by atoms with Gasteiger partial charge in [0.2, 0.25) is 5.91 Å². The van der Waals surface area contributed by atoms with Gasteiger partial charge in [-0.25, -0.2) is 0 Å². The van der Waals surface area contributed by atoms with Crippen LogP contribution >= 0.6 is 0 Å². The molecule has 6 nitrogen and oxygen atoms in total. The Hall–Kier alpha value is -1.85. The highest BCUT2D eigenvalue weighted by atomic mass is 16.5. The molecule has 0 saturated heterocycles. The number of ether oxygens (including phenoxy) is 1. The molecule has 0 radical (unpaired) electrons. The monoisotopic (exact) mass is 317 g/mol. The van der Waals surface area contributed by atoms with Crippen LogP contribution in [-0.4, -0.2) is 34.8 Å². The molecule has 0 aromatic carbocycles. The Bertz CT molecular complexity index is 641. The van der Waals surface area contributed by atoms with Crippen molar-refractivity contribution in [2.24, 2.45) is 30.7 Å². The fourth-order valence-corrected chi connectivity index (χ4v) is 4.73. The number of carbonyl (C=O) groups is 2. The Kier molecular flexibility index (Phi) is 3.43.